The van der Waals surface area contributed by atoms with Gasteiger partial charge in [-0.15, -0.1) is 0 Å². The zero-order chi connectivity index (χ0) is 11.1. The molecule has 0 atom stereocenters. The Hall–Kier alpha value is 2.84. The van der Waals surface area contributed by atoms with Crippen molar-refractivity contribution in [3.63, 3.8) is 0 Å². The molecule has 2 nitrogen and oxygen atoms in total. The van der Waals surface area contributed by atoms with Crippen LogP contribution >= 0.6 is 37.2 Å². The van der Waals surface area contributed by atoms with E-state index in [2.05, 4.69) is 51.1 Å². The van der Waals surface area contributed by atoms with Crippen LogP contribution < -0.4 is 47.0 Å². The largest absolute Gasteiger partial charge is 1.00 e. The van der Waals surface area contributed by atoms with E-state index in [1.54, 1.807) is 0 Å². The van der Waals surface area contributed by atoms with Crippen LogP contribution in [0.1, 0.15) is 20.3 Å². The SMILES string of the molecule is CC12C[NH+]3C[NH+](C1)CC(C)(C3)C2.I[I-]I.[I-]. The number of nitrogens with one attached hydrogen (secondary N) is 2. The van der Waals surface area contributed by atoms with Gasteiger partial charge in [0.2, 0.25) is 6.67 Å². The number of halogens is 4. The zero-order valence-corrected chi connectivity index (χ0v) is 18.4. The number of hydrogen-bond donors (Lipinski definition) is 2. The minimum Gasteiger partial charge on any atom is -1.00 e. The van der Waals surface area contributed by atoms with Crippen LogP contribution in [0.5, 0.6) is 0 Å². The number of piperidine rings is 2. The molecule has 0 aliphatic carbocycles. The molecule has 4 aliphatic rings. The van der Waals surface area contributed by atoms with Crippen LogP contribution in [0, 0.1) is 10.8 Å². The maximum atomic E-state index is 2.50. The second kappa shape index (κ2) is 6.53. The van der Waals surface area contributed by atoms with Crippen molar-refractivity contribution in [1.29, 1.82) is 0 Å². The Labute approximate surface area is 146 Å². The third kappa shape index (κ3) is 3.92. The number of quaternary nitrogens is 2. The molecule has 0 amide bonds. The average molecular weight is 676 g/mol. The molecule has 0 aromatic heterocycles. The molecule has 6 heteroatoms. The van der Waals surface area contributed by atoms with Gasteiger partial charge < -0.3 is 24.0 Å². The van der Waals surface area contributed by atoms with Crippen molar-refractivity contribution < 1.29 is 47.0 Å². The zero-order valence-electron chi connectivity index (χ0n) is 9.75. The van der Waals surface area contributed by atoms with E-state index in [1.807, 2.05) is 9.80 Å². The molecule has 98 valence electrons. The van der Waals surface area contributed by atoms with Crippen LogP contribution in [0.4, 0.5) is 0 Å². The van der Waals surface area contributed by atoms with E-state index in [0.29, 0.717) is 24.1 Å². The summed E-state index contributed by atoms with van der Waals surface area (Å²) in [7, 11) is 0. The topological polar surface area (TPSA) is 8.88 Å². The smallest absolute Gasteiger partial charge is 1.00 e. The second-order valence-electron chi connectivity index (χ2n) is 6.24. The summed E-state index contributed by atoms with van der Waals surface area (Å²) in [5, 5.41) is 0. The molecule has 0 spiro atoms. The van der Waals surface area contributed by atoms with E-state index in [1.165, 1.54) is 39.3 Å². The Morgan fingerprint density at radius 2 is 1.25 bits per heavy atom. The monoisotopic (exact) mass is 676 g/mol. The molecule has 0 aromatic carbocycles. The van der Waals surface area contributed by atoms with E-state index in [0.717, 1.165) is 0 Å². The molecular formula is C10H20I4N2. The Morgan fingerprint density at radius 1 is 0.938 bits per heavy atom. The van der Waals surface area contributed by atoms with Gasteiger partial charge in [-0.05, 0) is 20.3 Å². The summed E-state index contributed by atoms with van der Waals surface area (Å²) in [5.41, 5.74) is 1.38. The van der Waals surface area contributed by atoms with Crippen molar-refractivity contribution in [2.45, 2.75) is 20.3 Å². The molecule has 4 fully saturated rings. The molecule has 0 unspecified atom stereocenters. The summed E-state index contributed by atoms with van der Waals surface area (Å²) in [6.45, 7) is 12.2. The van der Waals surface area contributed by atoms with Crippen molar-refractivity contribution in [2.75, 3.05) is 32.8 Å². The summed E-state index contributed by atoms with van der Waals surface area (Å²) in [4.78, 5) is 3.75. The average Bonchev–Trinajstić information content (AvgIpc) is 1.96. The standard InChI is InChI=1S/C10H18N2.I3.HI/c1-9-3-10(2)6-11(4-9)8-12(5-9)7-10;1-3-2;/h3-8H2,1-2H3;;1H/q;-1;/p+1. The number of rotatable bonds is 0. The van der Waals surface area contributed by atoms with Gasteiger partial charge in [0.25, 0.3) is 0 Å². The molecule has 4 saturated heterocycles. The molecule has 4 rings (SSSR count). The van der Waals surface area contributed by atoms with E-state index >= 15 is 0 Å². The van der Waals surface area contributed by atoms with E-state index in [-0.39, 0.29) is 24.0 Å². The number of hydrogen-bond acceptors (Lipinski definition) is 0. The fourth-order valence-electron chi connectivity index (χ4n) is 4.55. The normalized spacial score (nSPS) is 48.2. The Balaban J connectivity index is 0.000000292. The van der Waals surface area contributed by atoms with Gasteiger partial charge in [0.05, 0.1) is 37.0 Å². The van der Waals surface area contributed by atoms with Crippen LogP contribution in [-0.4, -0.2) is 32.8 Å². The van der Waals surface area contributed by atoms with Crippen LogP contribution in [-0.2, 0) is 0 Å². The van der Waals surface area contributed by atoms with Gasteiger partial charge in [0.1, 0.15) is 0 Å². The molecular weight excluding hydrogens is 656 g/mol. The van der Waals surface area contributed by atoms with Crippen LogP contribution in [0.3, 0.4) is 0 Å². The first-order valence-electron chi connectivity index (χ1n) is 5.53. The first-order chi connectivity index (χ1) is 6.99. The van der Waals surface area contributed by atoms with Crippen LogP contribution in [0.25, 0.3) is 0 Å². The first-order valence-corrected chi connectivity index (χ1v) is 18.1. The Kier molecular flexibility index (Phi) is 6.89. The van der Waals surface area contributed by atoms with Crippen molar-refractivity contribution in [2.24, 2.45) is 10.8 Å². The van der Waals surface area contributed by atoms with Crippen LogP contribution in [0.15, 0.2) is 0 Å². The predicted octanol–water partition coefficient (Wildman–Crippen LogP) is -6.06. The molecule has 4 bridgehead atoms. The van der Waals surface area contributed by atoms with Gasteiger partial charge in [0.15, 0.2) is 0 Å². The summed E-state index contributed by atoms with van der Waals surface area (Å²) in [6, 6.07) is 0. The molecule has 0 radical (unpaired) electrons. The van der Waals surface area contributed by atoms with Gasteiger partial charge in [-0.25, -0.2) is 0 Å². The van der Waals surface area contributed by atoms with Gasteiger partial charge in [-0.2, -0.15) is 0 Å². The molecule has 4 heterocycles. The van der Waals surface area contributed by atoms with Crippen molar-refractivity contribution >= 4 is 37.2 Å². The quantitative estimate of drug-likeness (QED) is 0.237. The van der Waals surface area contributed by atoms with Gasteiger partial charge in [-0.1, -0.05) is 0 Å². The Morgan fingerprint density at radius 3 is 1.50 bits per heavy atom. The maximum Gasteiger partial charge on any atom is -1.00 e. The summed E-state index contributed by atoms with van der Waals surface area (Å²) < 4.78 is 0. The summed E-state index contributed by atoms with van der Waals surface area (Å²) >= 11 is 5.30. The molecule has 16 heavy (non-hydrogen) atoms. The van der Waals surface area contributed by atoms with Gasteiger partial charge in [0, 0.05) is 0 Å². The fourth-order valence-corrected chi connectivity index (χ4v) is 4.55. The first kappa shape index (κ1) is 16.9. The van der Waals surface area contributed by atoms with E-state index < -0.39 is 0 Å². The summed E-state index contributed by atoms with van der Waals surface area (Å²) in [6.07, 6.45) is 1.49. The maximum absolute atomic E-state index is 2.50. The second-order valence-corrected chi connectivity index (χ2v) is 22.5. The third-order valence-corrected chi connectivity index (χ3v) is 4.06. The van der Waals surface area contributed by atoms with E-state index in [4.69, 9.17) is 0 Å². The van der Waals surface area contributed by atoms with Crippen LogP contribution in [0.2, 0.25) is 0 Å². The van der Waals surface area contributed by atoms with Gasteiger partial charge >= 0.3 is 50.5 Å². The fraction of sp³-hybridized carbons (Fsp3) is 1.00. The van der Waals surface area contributed by atoms with Crippen molar-refractivity contribution in [1.82, 2.24) is 0 Å². The molecule has 4 aliphatic heterocycles. The van der Waals surface area contributed by atoms with Crippen molar-refractivity contribution in [3.8, 4) is 0 Å². The minimum atomic E-state index is 0. The van der Waals surface area contributed by atoms with E-state index in [9.17, 15) is 0 Å². The molecule has 0 saturated carbocycles. The minimum absolute atomic E-state index is 0. The van der Waals surface area contributed by atoms with Gasteiger partial charge in [-0.3, -0.25) is 9.80 Å². The molecule has 0 aromatic rings. The molecule has 2 N–H and O–H groups in total. The van der Waals surface area contributed by atoms with Crippen molar-refractivity contribution in [3.05, 3.63) is 0 Å². The third-order valence-electron chi connectivity index (χ3n) is 4.06. The predicted molar refractivity (Wildman–Crippen MR) is 75.1 cm³/mol. The Bertz CT molecular complexity index is 215. The summed E-state index contributed by atoms with van der Waals surface area (Å²) in [5.74, 6) is 0.